The first-order valence-corrected chi connectivity index (χ1v) is 8.07. The summed E-state index contributed by atoms with van der Waals surface area (Å²) in [7, 11) is 1.69. The number of hydrogen-bond donors (Lipinski definition) is 1. The summed E-state index contributed by atoms with van der Waals surface area (Å²) in [5.74, 6) is 1.45. The molecule has 1 N–H and O–H groups in total. The van der Waals surface area contributed by atoms with Gasteiger partial charge in [-0.1, -0.05) is 18.2 Å². The highest BCUT2D eigenvalue weighted by molar-refractivity contribution is 5.91. The fraction of sp³-hybridized carbons (Fsp3) is 0.333. The fourth-order valence-electron chi connectivity index (χ4n) is 2.86. The van der Waals surface area contributed by atoms with Crippen molar-refractivity contribution >= 4 is 17.4 Å². The van der Waals surface area contributed by atoms with Crippen molar-refractivity contribution in [3.63, 3.8) is 0 Å². The lowest BCUT2D eigenvalue weighted by molar-refractivity contribution is -0.117. The number of amides is 1. The Bertz CT molecular complexity index is 670. The number of methoxy groups -OCH3 is 1. The second-order valence-electron chi connectivity index (χ2n) is 5.70. The topological polar surface area (TPSA) is 57.7 Å². The van der Waals surface area contributed by atoms with E-state index in [1.165, 1.54) is 0 Å². The lowest BCUT2D eigenvalue weighted by Gasteiger charge is -2.36. The van der Waals surface area contributed by atoms with Gasteiger partial charge in [-0.05, 0) is 24.3 Å². The number of nitrogens with zero attached hydrogens (tertiary/aromatic N) is 3. The SMILES string of the molecule is COc1ccccc1N1CCN(CC(=O)Nc2ccccn2)CC1. The van der Waals surface area contributed by atoms with E-state index in [9.17, 15) is 4.79 Å². The van der Waals surface area contributed by atoms with Crippen LogP contribution in [0.5, 0.6) is 5.75 Å². The maximum absolute atomic E-state index is 12.1. The number of ether oxygens (including phenoxy) is 1. The minimum atomic E-state index is -0.0283. The first-order valence-electron chi connectivity index (χ1n) is 8.07. The normalized spacial score (nSPS) is 15.1. The van der Waals surface area contributed by atoms with Gasteiger partial charge in [-0.2, -0.15) is 0 Å². The third kappa shape index (κ3) is 4.02. The van der Waals surface area contributed by atoms with Gasteiger partial charge in [0.1, 0.15) is 11.6 Å². The van der Waals surface area contributed by atoms with Crippen LogP contribution in [-0.2, 0) is 4.79 Å². The predicted octanol–water partition coefficient (Wildman–Crippen LogP) is 1.85. The lowest BCUT2D eigenvalue weighted by atomic mass is 10.2. The summed E-state index contributed by atoms with van der Waals surface area (Å²) < 4.78 is 5.43. The second kappa shape index (κ2) is 7.79. The number of carbonyl (C=O) groups is 1. The van der Waals surface area contributed by atoms with Crippen molar-refractivity contribution in [3.05, 3.63) is 48.7 Å². The van der Waals surface area contributed by atoms with E-state index in [4.69, 9.17) is 4.74 Å². The van der Waals surface area contributed by atoms with Crippen LogP contribution in [0.1, 0.15) is 0 Å². The van der Waals surface area contributed by atoms with Crippen LogP contribution in [-0.4, -0.2) is 55.6 Å². The highest BCUT2D eigenvalue weighted by Crippen LogP contribution is 2.28. The Balaban J connectivity index is 1.51. The van der Waals surface area contributed by atoms with Gasteiger partial charge in [-0.15, -0.1) is 0 Å². The summed E-state index contributed by atoms with van der Waals surface area (Å²) in [6, 6.07) is 13.5. The number of anilines is 2. The van der Waals surface area contributed by atoms with E-state index in [1.807, 2.05) is 30.3 Å². The Morgan fingerprint density at radius 1 is 1.12 bits per heavy atom. The van der Waals surface area contributed by atoms with Crippen molar-refractivity contribution in [1.82, 2.24) is 9.88 Å². The van der Waals surface area contributed by atoms with E-state index in [0.717, 1.165) is 37.6 Å². The summed E-state index contributed by atoms with van der Waals surface area (Å²) >= 11 is 0. The largest absolute Gasteiger partial charge is 0.495 e. The molecule has 0 spiro atoms. The molecule has 24 heavy (non-hydrogen) atoms. The Morgan fingerprint density at radius 2 is 1.88 bits per heavy atom. The van der Waals surface area contributed by atoms with Crippen LogP contribution in [0.3, 0.4) is 0 Å². The fourth-order valence-corrected chi connectivity index (χ4v) is 2.86. The zero-order valence-corrected chi connectivity index (χ0v) is 13.8. The maximum atomic E-state index is 12.1. The molecule has 1 aliphatic rings. The van der Waals surface area contributed by atoms with Gasteiger partial charge in [0.15, 0.2) is 0 Å². The third-order valence-corrected chi connectivity index (χ3v) is 4.10. The molecule has 0 unspecified atom stereocenters. The van der Waals surface area contributed by atoms with Crippen molar-refractivity contribution in [2.45, 2.75) is 0 Å². The van der Waals surface area contributed by atoms with Gasteiger partial charge in [-0.3, -0.25) is 9.69 Å². The van der Waals surface area contributed by atoms with Crippen LogP contribution in [0.2, 0.25) is 0 Å². The standard InChI is InChI=1S/C18H22N4O2/c1-24-16-7-3-2-6-15(16)22-12-10-21(11-13-22)14-18(23)20-17-8-4-5-9-19-17/h2-9H,10-14H2,1H3,(H,19,20,23). The van der Waals surface area contributed by atoms with Gasteiger partial charge in [0.05, 0.1) is 19.3 Å². The molecule has 1 saturated heterocycles. The van der Waals surface area contributed by atoms with E-state index < -0.39 is 0 Å². The van der Waals surface area contributed by atoms with E-state index in [1.54, 1.807) is 19.4 Å². The average Bonchev–Trinajstić information content (AvgIpc) is 2.63. The summed E-state index contributed by atoms with van der Waals surface area (Å²) in [6.45, 7) is 3.81. The molecule has 3 rings (SSSR count). The van der Waals surface area contributed by atoms with Gasteiger partial charge in [-0.25, -0.2) is 4.98 Å². The molecule has 0 aliphatic carbocycles. The van der Waals surface area contributed by atoms with Crippen LogP contribution < -0.4 is 15.0 Å². The molecule has 2 aromatic rings. The third-order valence-electron chi connectivity index (χ3n) is 4.10. The number of pyridine rings is 1. The molecule has 1 amide bonds. The molecule has 6 nitrogen and oxygen atoms in total. The minimum absolute atomic E-state index is 0.0283. The number of hydrogen-bond acceptors (Lipinski definition) is 5. The monoisotopic (exact) mass is 326 g/mol. The predicted molar refractivity (Wildman–Crippen MR) is 94.5 cm³/mol. The highest BCUT2D eigenvalue weighted by Gasteiger charge is 2.21. The summed E-state index contributed by atoms with van der Waals surface area (Å²) in [5.41, 5.74) is 1.11. The molecular weight excluding hydrogens is 304 g/mol. The number of aromatic nitrogens is 1. The number of nitrogens with one attached hydrogen (secondary N) is 1. The van der Waals surface area contributed by atoms with Crippen molar-refractivity contribution in [2.75, 3.05) is 50.1 Å². The molecule has 0 atom stereocenters. The summed E-state index contributed by atoms with van der Waals surface area (Å²) in [6.07, 6.45) is 1.67. The summed E-state index contributed by atoms with van der Waals surface area (Å²) in [5, 5.41) is 2.83. The van der Waals surface area contributed by atoms with Crippen molar-refractivity contribution < 1.29 is 9.53 Å². The zero-order chi connectivity index (χ0) is 16.8. The molecule has 6 heteroatoms. The van der Waals surface area contributed by atoms with Crippen LogP contribution in [0.15, 0.2) is 48.7 Å². The van der Waals surface area contributed by atoms with Crippen LogP contribution in [0.4, 0.5) is 11.5 Å². The Morgan fingerprint density at radius 3 is 2.58 bits per heavy atom. The van der Waals surface area contributed by atoms with Crippen LogP contribution >= 0.6 is 0 Å². The second-order valence-corrected chi connectivity index (χ2v) is 5.70. The molecular formula is C18H22N4O2. The quantitative estimate of drug-likeness (QED) is 0.909. The molecule has 2 heterocycles. The molecule has 1 aliphatic heterocycles. The maximum Gasteiger partial charge on any atom is 0.239 e. The number of carbonyl (C=O) groups excluding carboxylic acids is 1. The smallest absolute Gasteiger partial charge is 0.239 e. The first kappa shape index (κ1) is 16.3. The van der Waals surface area contributed by atoms with E-state index in [-0.39, 0.29) is 5.91 Å². The van der Waals surface area contributed by atoms with Gasteiger partial charge in [0.2, 0.25) is 5.91 Å². The number of rotatable bonds is 5. The van der Waals surface area contributed by atoms with Crippen molar-refractivity contribution in [1.29, 1.82) is 0 Å². The molecule has 1 aromatic heterocycles. The Hall–Kier alpha value is -2.60. The van der Waals surface area contributed by atoms with Crippen molar-refractivity contribution in [3.8, 4) is 5.75 Å². The zero-order valence-electron chi connectivity index (χ0n) is 13.8. The number of benzene rings is 1. The first-order chi connectivity index (χ1) is 11.8. The molecule has 0 saturated carbocycles. The van der Waals surface area contributed by atoms with E-state index in [0.29, 0.717) is 12.4 Å². The lowest BCUT2D eigenvalue weighted by Crippen LogP contribution is -2.48. The van der Waals surface area contributed by atoms with Gasteiger partial charge in [0.25, 0.3) is 0 Å². The van der Waals surface area contributed by atoms with Gasteiger partial charge in [0, 0.05) is 32.4 Å². The molecule has 0 radical (unpaired) electrons. The molecule has 1 fully saturated rings. The molecule has 126 valence electrons. The molecule has 0 bridgehead atoms. The molecule has 1 aromatic carbocycles. The van der Waals surface area contributed by atoms with Gasteiger partial charge >= 0.3 is 0 Å². The van der Waals surface area contributed by atoms with E-state index in [2.05, 4.69) is 26.2 Å². The Labute approximate surface area is 142 Å². The van der Waals surface area contributed by atoms with Crippen LogP contribution in [0, 0.1) is 0 Å². The highest BCUT2D eigenvalue weighted by atomic mass is 16.5. The average molecular weight is 326 g/mol. The Kier molecular flexibility index (Phi) is 5.28. The van der Waals surface area contributed by atoms with Crippen LogP contribution in [0.25, 0.3) is 0 Å². The van der Waals surface area contributed by atoms with E-state index >= 15 is 0 Å². The number of piperazine rings is 1. The minimum Gasteiger partial charge on any atom is -0.495 e. The number of para-hydroxylation sites is 2. The van der Waals surface area contributed by atoms with Crippen molar-refractivity contribution in [2.24, 2.45) is 0 Å². The summed E-state index contributed by atoms with van der Waals surface area (Å²) in [4.78, 5) is 20.7. The van der Waals surface area contributed by atoms with Gasteiger partial charge < -0.3 is 15.0 Å².